The van der Waals surface area contributed by atoms with Crippen LogP contribution in [0.25, 0.3) is 0 Å². The molecular formula is C14H17FN2O. The van der Waals surface area contributed by atoms with Crippen molar-refractivity contribution in [3.05, 3.63) is 29.6 Å². The second kappa shape index (κ2) is 4.26. The van der Waals surface area contributed by atoms with E-state index in [-0.39, 0.29) is 11.5 Å². The standard InChI is InChI=1S/C14H17FN2O/c15-13-5-4-11(16)6-12(13)14(18)17-7-9-2-1-3-10(9)8-17/h4-6,9-10H,1-3,7-8,16H2. The van der Waals surface area contributed by atoms with Crippen LogP contribution in [-0.2, 0) is 0 Å². The Hall–Kier alpha value is -1.58. The van der Waals surface area contributed by atoms with E-state index in [0.717, 1.165) is 13.1 Å². The number of halogens is 1. The van der Waals surface area contributed by atoms with E-state index in [1.54, 1.807) is 4.90 Å². The van der Waals surface area contributed by atoms with Gasteiger partial charge in [-0.15, -0.1) is 0 Å². The van der Waals surface area contributed by atoms with E-state index in [2.05, 4.69) is 0 Å². The Labute approximate surface area is 106 Å². The molecule has 2 unspecified atom stereocenters. The Morgan fingerprint density at radius 2 is 1.94 bits per heavy atom. The monoisotopic (exact) mass is 248 g/mol. The van der Waals surface area contributed by atoms with Crippen LogP contribution in [0.5, 0.6) is 0 Å². The van der Waals surface area contributed by atoms with Crippen LogP contribution in [0.15, 0.2) is 18.2 Å². The highest BCUT2D eigenvalue weighted by atomic mass is 19.1. The number of nitrogen functional groups attached to an aromatic ring is 1. The molecule has 18 heavy (non-hydrogen) atoms. The first-order chi connectivity index (χ1) is 8.65. The lowest BCUT2D eigenvalue weighted by atomic mass is 10.0. The lowest BCUT2D eigenvalue weighted by Gasteiger charge is -2.17. The molecule has 2 fully saturated rings. The third-order valence-electron chi connectivity index (χ3n) is 4.23. The average molecular weight is 248 g/mol. The summed E-state index contributed by atoms with van der Waals surface area (Å²) < 4.78 is 13.7. The van der Waals surface area contributed by atoms with Gasteiger partial charge in [-0.2, -0.15) is 0 Å². The summed E-state index contributed by atoms with van der Waals surface area (Å²) in [7, 11) is 0. The lowest BCUT2D eigenvalue weighted by Crippen LogP contribution is -2.30. The number of fused-ring (bicyclic) bond motifs is 1. The topological polar surface area (TPSA) is 46.3 Å². The second-order valence-electron chi connectivity index (χ2n) is 5.40. The first-order valence-corrected chi connectivity index (χ1v) is 6.49. The third kappa shape index (κ3) is 1.85. The quantitative estimate of drug-likeness (QED) is 0.775. The van der Waals surface area contributed by atoms with E-state index in [1.165, 1.54) is 37.5 Å². The fourth-order valence-corrected chi connectivity index (χ4v) is 3.28. The summed E-state index contributed by atoms with van der Waals surface area (Å²) in [5.74, 6) is 0.552. The number of carbonyl (C=O) groups is 1. The van der Waals surface area contributed by atoms with Crippen molar-refractivity contribution in [3.8, 4) is 0 Å². The maximum atomic E-state index is 13.7. The van der Waals surface area contributed by atoms with Gasteiger partial charge in [0, 0.05) is 18.8 Å². The largest absolute Gasteiger partial charge is 0.399 e. The Morgan fingerprint density at radius 3 is 2.61 bits per heavy atom. The molecule has 2 aliphatic rings. The maximum absolute atomic E-state index is 13.7. The van der Waals surface area contributed by atoms with Gasteiger partial charge in [0.2, 0.25) is 0 Å². The van der Waals surface area contributed by atoms with Crippen molar-refractivity contribution in [1.82, 2.24) is 4.90 Å². The van der Waals surface area contributed by atoms with Crippen LogP contribution in [-0.4, -0.2) is 23.9 Å². The Morgan fingerprint density at radius 1 is 1.28 bits per heavy atom. The molecule has 1 saturated carbocycles. The van der Waals surface area contributed by atoms with Crippen molar-refractivity contribution in [3.63, 3.8) is 0 Å². The lowest BCUT2D eigenvalue weighted by molar-refractivity contribution is 0.0776. The van der Waals surface area contributed by atoms with Crippen molar-refractivity contribution < 1.29 is 9.18 Å². The number of hydrogen-bond donors (Lipinski definition) is 1. The zero-order valence-corrected chi connectivity index (χ0v) is 10.2. The molecule has 1 aromatic carbocycles. The molecule has 4 heteroatoms. The first-order valence-electron chi connectivity index (χ1n) is 6.49. The first kappa shape index (κ1) is 11.5. The Balaban J connectivity index is 1.81. The highest BCUT2D eigenvalue weighted by Crippen LogP contribution is 2.38. The summed E-state index contributed by atoms with van der Waals surface area (Å²) >= 11 is 0. The summed E-state index contributed by atoms with van der Waals surface area (Å²) in [4.78, 5) is 14.1. The molecule has 96 valence electrons. The third-order valence-corrected chi connectivity index (χ3v) is 4.23. The summed E-state index contributed by atoms with van der Waals surface area (Å²) in [5, 5.41) is 0. The number of benzene rings is 1. The van der Waals surface area contributed by atoms with Crippen molar-refractivity contribution in [2.24, 2.45) is 11.8 Å². The van der Waals surface area contributed by atoms with Crippen LogP contribution in [0, 0.1) is 17.7 Å². The van der Waals surface area contributed by atoms with E-state index in [1.807, 2.05) is 0 Å². The minimum absolute atomic E-state index is 0.106. The van der Waals surface area contributed by atoms with E-state index in [9.17, 15) is 9.18 Å². The van der Waals surface area contributed by atoms with Gasteiger partial charge in [0.05, 0.1) is 5.56 Å². The highest BCUT2D eigenvalue weighted by molar-refractivity contribution is 5.95. The molecule has 0 aromatic heterocycles. The zero-order chi connectivity index (χ0) is 12.7. The number of likely N-dealkylation sites (tertiary alicyclic amines) is 1. The van der Waals surface area contributed by atoms with E-state index >= 15 is 0 Å². The van der Waals surface area contributed by atoms with Gasteiger partial charge in [-0.05, 0) is 42.9 Å². The molecule has 3 rings (SSSR count). The van der Waals surface area contributed by atoms with Gasteiger partial charge in [0.1, 0.15) is 5.82 Å². The minimum Gasteiger partial charge on any atom is -0.399 e. The predicted octanol–water partition coefficient (Wildman–Crippen LogP) is 2.28. The number of carbonyl (C=O) groups excluding carboxylic acids is 1. The van der Waals surface area contributed by atoms with E-state index < -0.39 is 5.82 Å². The van der Waals surface area contributed by atoms with Crippen LogP contribution in [0.4, 0.5) is 10.1 Å². The molecule has 1 aliphatic carbocycles. The zero-order valence-electron chi connectivity index (χ0n) is 10.2. The number of anilines is 1. The second-order valence-corrected chi connectivity index (χ2v) is 5.40. The Bertz CT molecular complexity index is 477. The van der Waals surface area contributed by atoms with Gasteiger partial charge in [-0.25, -0.2) is 4.39 Å². The van der Waals surface area contributed by atoms with Gasteiger partial charge in [-0.3, -0.25) is 4.79 Å². The van der Waals surface area contributed by atoms with Crippen molar-refractivity contribution in [2.75, 3.05) is 18.8 Å². The molecule has 1 amide bonds. The summed E-state index contributed by atoms with van der Waals surface area (Å²) in [6, 6.07) is 4.18. The van der Waals surface area contributed by atoms with Gasteiger partial charge < -0.3 is 10.6 Å². The van der Waals surface area contributed by atoms with E-state index in [0.29, 0.717) is 17.5 Å². The van der Waals surface area contributed by atoms with Crippen molar-refractivity contribution in [1.29, 1.82) is 0 Å². The Kier molecular flexibility index (Phi) is 2.73. The molecule has 1 heterocycles. The molecule has 1 aromatic rings. The van der Waals surface area contributed by atoms with Crippen LogP contribution < -0.4 is 5.73 Å². The highest BCUT2D eigenvalue weighted by Gasteiger charge is 2.38. The van der Waals surface area contributed by atoms with Crippen LogP contribution in [0.1, 0.15) is 29.6 Å². The SMILES string of the molecule is Nc1ccc(F)c(C(=O)N2CC3CCCC3C2)c1. The summed E-state index contributed by atoms with van der Waals surface area (Å²) in [6.45, 7) is 1.55. The smallest absolute Gasteiger partial charge is 0.256 e. The van der Waals surface area contributed by atoms with Gasteiger partial charge in [0.25, 0.3) is 5.91 Å². The molecule has 0 spiro atoms. The number of hydrogen-bond acceptors (Lipinski definition) is 2. The summed E-state index contributed by atoms with van der Waals surface area (Å²) in [6.07, 6.45) is 3.67. The number of nitrogens with two attached hydrogens (primary N) is 1. The molecule has 2 atom stereocenters. The number of nitrogens with zero attached hydrogens (tertiary/aromatic N) is 1. The molecule has 3 nitrogen and oxygen atoms in total. The summed E-state index contributed by atoms with van der Waals surface area (Å²) in [5.41, 5.74) is 6.15. The van der Waals surface area contributed by atoms with Crippen LogP contribution in [0.3, 0.4) is 0 Å². The number of amides is 1. The van der Waals surface area contributed by atoms with Gasteiger partial charge >= 0.3 is 0 Å². The molecule has 1 aliphatic heterocycles. The van der Waals surface area contributed by atoms with Crippen molar-refractivity contribution in [2.45, 2.75) is 19.3 Å². The molecular weight excluding hydrogens is 231 g/mol. The fourth-order valence-electron chi connectivity index (χ4n) is 3.28. The van der Waals surface area contributed by atoms with E-state index in [4.69, 9.17) is 5.73 Å². The minimum atomic E-state index is -0.480. The van der Waals surface area contributed by atoms with Crippen molar-refractivity contribution >= 4 is 11.6 Å². The molecule has 1 saturated heterocycles. The average Bonchev–Trinajstić information content (AvgIpc) is 2.91. The van der Waals surface area contributed by atoms with Gasteiger partial charge in [-0.1, -0.05) is 6.42 Å². The number of rotatable bonds is 1. The predicted molar refractivity (Wildman–Crippen MR) is 67.5 cm³/mol. The maximum Gasteiger partial charge on any atom is 0.256 e. The fraction of sp³-hybridized carbons (Fsp3) is 0.500. The molecule has 0 radical (unpaired) electrons. The molecule has 0 bridgehead atoms. The molecule has 2 N–H and O–H groups in total. The van der Waals surface area contributed by atoms with Crippen LogP contribution >= 0.6 is 0 Å². The van der Waals surface area contributed by atoms with Gasteiger partial charge in [0.15, 0.2) is 0 Å². The van der Waals surface area contributed by atoms with Crippen LogP contribution in [0.2, 0.25) is 0 Å². The normalized spacial score (nSPS) is 26.4.